The van der Waals surface area contributed by atoms with E-state index in [1.165, 1.54) is 0 Å². The molecule has 0 radical (unpaired) electrons. The summed E-state index contributed by atoms with van der Waals surface area (Å²) in [6.45, 7) is 9.65. The van der Waals surface area contributed by atoms with Crippen molar-refractivity contribution in [2.24, 2.45) is 0 Å². The molecule has 0 amide bonds. The molecule has 0 bridgehead atoms. The molecular weight excluding hydrogens is 239 g/mol. The van der Waals surface area contributed by atoms with Gasteiger partial charge >= 0.3 is 0 Å². The first-order valence-corrected chi connectivity index (χ1v) is 7.50. The molecule has 2 aliphatic rings. The fraction of sp³-hybridized carbons (Fsp3) is 0.875. The molecule has 0 aromatic rings. The summed E-state index contributed by atoms with van der Waals surface area (Å²) in [5.74, 6) is 2.69. The second-order valence-corrected chi connectivity index (χ2v) is 4.78. The van der Waals surface area contributed by atoms with E-state index in [2.05, 4.69) is 16.6 Å². The summed E-state index contributed by atoms with van der Waals surface area (Å²) in [7, 11) is 3.78. The molecule has 0 aromatic carbocycles. The molecule has 0 heterocycles. The molecule has 2 saturated carbocycles. The smallest absolute Gasteiger partial charge is 0.111 e. The highest BCUT2D eigenvalue weighted by atomic mass is 19.1. The van der Waals surface area contributed by atoms with Gasteiger partial charge in [0.15, 0.2) is 0 Å². The number of nitrogens with one attached hydrogen (secondary N) is 2. The Bertz CT molecular complexity index is 244. The number of halogens is 1. The predicted octanol–water partition coefficient (Wildman–Crippen LogP) is 3.52. The van der Waals surface area contributed by atoms with Crippen LogP contribution in [-0.4, -0.2) is 31.3 Å². The lowest BCUT2D eigenvalue weighted by atomic mass is 9.79. The molecule has 3 heteroatoms. The third-order valence-corrected chi connectivity index (χ3v) is 3.26. The fourth-order valence-electron chi connectivity index (χ4n) is 1.76. The van der Waals surface area contributed by atoms with Crippen LogP contribution >= 0.6 is 0 Å². The summed E-state index contributed by atoms with van der Waals surface area (Å²) < 4.78 is 12.6. The van der Waals surface area contributed by atoms with E-state index >= 15 is 0 Å². The molecular formula is C16H33FN2. The normalized spacial score (nSPS) is 28.7. The molecule has 0 saturated heterocycles. The summed E-state index contributed by atoms with van der Waals surface area (Å²) in [4.78, 5) is 0. The molecule has 0 aromatic heterocycles. The first-order valence-electron chi connectivity index (χ1n) is 7.50. The van der Waals surface area contributed by atoms with Crippen molar-refractivity contribution < 1.29 is 4.39 Å². The van der Waals surface area contributed by atoms with Crippen molar-refractivity contribution in [1.82, 2.24) is 10.6 Å². The van der Waals surface area contributed by atoms with Gasteiger partial charge in [-0.25, -0.2) is 4.39 Å². The maximum Gasteiger partial charge on any atom is 0.111 e. The summed E-state index contributed by atoms with van der Waals surface area (Å²) in [6, 6.07) is 0.435. The van der Waals surface area contributed by atoms with E-state index in [1.54, 1.807) is 6.92 Å². The van der Waals surface area contributed by atoms with Gasteiger partial charge in [0, 0.05) is 6.04 Å². The second kappa shape index (κ2) is 10.2. The van der Waals surface area contributed by atoms with E-state index in [-0.39, 0.29) is 5.54 Å². The van der Waals surface area contributed by atoms with Crippen molar-refractivity contribution in [3.05, 3.63) is 0 Å². The van der Waals surface area contributed by atoms with E-state index in [9.17, 15) is 4.39 Å². The summed E-state index contributed by atoms with van der Waals surface area (Å²) >= 11 is 0. The third-order valence-electron chi connectivity index (χ3n) is 3.26. The Kier molecular flexibility index (Phi) is 11.2. The van der Waals surface area contributed by atoms with E-state index in [4.69, 9.17) is 6.42 Å². The van der Waals surface area contributed by atoms with Gasteiger partial charge in [0.2, 0.25) is 0 Å². The molecule has 0 aliphatic heterocycles. The molecule has 2 aliphatic carbocycles. The van der Waals surface area contributed by atoms with Crippen LogP contribution in [0.5, 0.6) is 0 Å². The van der Waals surface area contributed by atoms with Crippen molar-refractivity contribution in [3.8, 4) is 12.3 Å². The first-order chi connectivity index (χ1) is 8.97. The van der Waals surface area contributed by atoms with Crippen LogP contribution in [0.15, 0.2) is 0 Å². The zero-order chi connectivity index (χ0) is 15.5. The molecule has 0 unspecified atom stereocenters. The largest absolute Gasteiger partial charge is 0.317 e. The van der Waals surface area contributed by atoms with E-state index in [0.717, 1.165) is 12.8 Å². The van der Waals surface area contributed by atoms with Gasteiger partial charge in [-0.2, -0.15) is 0 Å². The lowest BCUT2D eigenvalue weighted by Crippen LogP contribution is -2.47. The lowest BCUT2D eigenvalue weighted by Gasteiger charge is -2.38. The number of hydrogen-bond donors (Lipinski definition) is 2. The van der Waals surface area contributed by atoms with Crippen LogP contribution in [0.3, 0.4) is 0 Å². The summed E-state index contributed by atoms with van der Waals surface area (Å²) in [6.07, 6.45) is 8.84. The van der Waals surface area contributed by atoms with E-state index in [0.29, 0.717) is 18.9 Å². The minimum Gasteiger partial charge on any atom is -0.317 e. The quantitative estimate of drug-likeness (QED) is 0.752. The van der Waals surface area contributed by atoms with Crippen molar-refractivity contribution in [2.45, 2.75) is 77.6 Å². The summed E-state index contributed by atoms with van der Waals surface area (Å²) in [5, 5.41) is 6.08. The Balaban J connectivity index is 0. The van der Waals surface area contributed by atoms with Crippen LogP contribution in [0.4, 0.5) is 4.39 Å². The average molecular weight is 272 g/mol. The average Bonchev–Trinajstić information content (AvgIpc) is 3.22. The van der Waals surface area contributed by atoms with Gasteiger partial charge < -0.3 is 10.6 Å². The van der Waals surface area contributed by atoms with Gasteiger partial charge in [-0.15, -0.1) is 6.42 Å². The number of rotatable bonds is 2. The molecule has 2 fully saturated rings. The molecule has 0 spiro atoms. The first kappa shape index (κ1) is 20.7. The Morgan fingerprint density at radius 1 is 1.11 bits per heavy atom. The molecule has 19 heavy (non-hydrogen) atoms. The van der Waals surface area contributed by atoms with Crippen molar-refractivity contribution in [1.29, 1.82) is 0 Å². The Morgan fingerprint density at radius 3 is 1.58 bits per heavy atom. The van der Waals surface area contributed by atoms with Crippen LogP contribution in [0, 0.1) is 12.3 Å². The minimum atomic E-state index is -0.867. The van der Waals surface area contributed by atoms with Crippen LogP contribution in [0.25, 0.3) is 0 Å². The highest BCUT2D eigenvalue weighted by Gasteiger charge is 2.39. The molecule has 2 nitrogen and oxygen atoms in total. The Hall–Kier alpha value is -0.590. The molecule has 2 rings (SSSR count). The van der Waals surface area contributed by atoms with Gasteiger partial charge in [0.25, 0.3) is 0 Å². The van der Waals surface area contributed by atoms with Crippen LogP contribution in [0.2, 0.25) is 0 Å². The minimum absolute atomic E-state index is 0.111. The second-order valence-electron chi connectivity index (χ2n) is 4.78. The van der Waals surface area contributed by atoms with Crippen molar-refractivity contribution in [2.75, 3.05) is 14.1 Å². The Labute approximate surface area is 119 Å². The Morgan fingerprint density at radius 2 is 1.53 bits per heavy atom. The van der Waals surface area contributed by atoms with Crippen molar-refractivity contribution >= 4 is 0 Å². The zero-order valence-corrected chi connectivity index (χ0v) is 13.9. The monoisotopic (exact) mass is 272 g/mol. The highest BCUT2D eigenvalue weighted by molar-refractivity contribution is 5.22. The van der Waals surface area contributed by atoms with E-state index < -0.39 is 5.67 Å². The predicted molar refractivity (Wildman–Crippen MR) is 84.1 cm³/mol. The summed E-state index contributed by atoms with van der Waals surface area (Å²) in [5.41, 5.74) is -0.756. The lowest BCUT2D eigenvalue weighted by molar-refractivity contribution is 0.0515. The third kappa shape index (κ3) is 8.23. The highest BCUT2D eigenvalue weighted by Crippen LogP contribution is 2.35. The van der Waals surface area contributed by atoms with Gasteiger partial charge in [-0.05, 0) is 46.7 Å². The number of terminal acetylenes is 1. The van der Waals surface area contributed by atoms with E-state index in [1.807, 2.05) is 41.8 Å². The zero-order valence-electron chi connectivity index (χ0n) is 13.9. The standard InChI is InChI=1S/C6H12FN.C6H9N.2C2H6/c1-6(7)3-5(4-6)8-2;1-3-6(7-2)4-5-6;2*1-2/h5,8H,3-4H2,1-2H3;1,7H,4-5H2,2H3;2*1-2H3. The topological polar surface area (TPSA) is 24.1 Å². The molecule has 2 N–H and O–H groups in total. The van der Waals surface area contributed by atoms with Gasteiger partial charge in [0.1, 0.15) is 5.67 Å². The SMILES string of the molecule is C#CC1(NC)CC1.CC.CC.CNC1CC(C)(F)C1. The van der Waals surface area contributed by atoms with Crippen molar-refractivity contribution in [3.63, 3.8) is 0 Å². The van der Waals surface area contributed by atoms with Gasteiger partial charge in [-0.3, -0.25) is 0 Å². The number of alkyl halides is 1. The van der Waals surface area contributed by atoms with Gasteiger partial charge in [0.05, 0.1) is 5.54 Å². The van der Waals surface area contributed by atoms with Crippen LogP contribution < -0.4 is 10.6 Å². The maximum absolute atomic E-state index is 12.6. The van der Waals surface area contributed by atoms with Crippen LogP contribution in [0.1, 0.15) is 60.3 Å². The number of hydrogen-bond acceptors (Lipinski definition) is 2. The molecule has 114 valence electrons. The fourth-order valence-corrected chi connectivity index (χ4v) is 1.76. The maximum atomic E-state index is 12.6. The van der Waals surface area contributed by atoms with Crippen LogP contribution in [-0.2, 0) is 0 Å². The van der Waals surface area contributed by atoms with Gasteiger partial charge in [-0.1, -0.05) is 33.6 Å². The molecule has 0 atom stereocenters.